The largest absolute Gasteiger partial charge is 0.393 e. The molecule has 5 aromatic rings. The molecule has 5 aromatic carbocycles. The fraction of sp³-hybridized carbons (Fsp3) is 0.268. The summed E-state index contributed by atoms with van der Waals surface area (Å²) in [6, 6.07) is 38.4. The lowest BCUT2D eigenvalue weighted by molar-refractivity contribution is 0.146. The van der Waals surface area contributed by atoms with Gasteiger partial charge in [0.15, 0.2) is 0 Å². The topological polar surface area (TPSA) is 20.2 Å². The number of hydrogen-bond donors (Lipinski definition) is 1. The first-order valence-electron chi connectivity index (χ1n) is 15.6. The van der Waals surface area contributed by atoms with Gasteiger partial charge in [0.05, 0.1) is 6.10 Å². The minimum Gasteiger partial charge on any atom is -0.393 e. The molecule has 1 N–H and O–H groups in total. The molecule has 1 aliphatic heterocycles. The lowest BCUT2D eigenvalue weighted by Crippen LogP contribution is -2.28. The van der Waals surface area contributed by atoms with Crippen LogP contribution in [0.1, 0.15) is 68.7 Å². The zero-order valence-electron chi connectivity index (χ0n) is 26.4. The fourth-order valence-electron chi connectivity index (χ4n) is 7.75. The van der Waals surface area contributed by atoms with Crippen molar-refractivity contribution in [3.05, 3.63) is 148 Å². The highest BCUT2D eigenvalue weighted by molar-refractivity contribution is 7.67. The Hall–Kier alpha value is -3.51. The first kappa shape index (κ1) is 29.6. The summed E-state index contributed by atoms with van der Waals surface area (Å²) in [6.45, 7) is 13.5. The molecule has 2 unspecified atom stereocenters. The molecule has 0 aliphatic carbocycles. The normalized spacial score (nSPS) is 20.3. The Morgan fingerprint density at radius 1 is 0.512 bits per heavy atom. The summed E-state index contributed by atoms with van der Waals surface area (Å²) in [5, 5.41) is 12.9. The molecule has 1 heterocycles. The lowest BCUT2D eigenvalue weighted by atomic mass is 9.89. The van der Waals surface area contributed by atoms with Crippen LogP contribution in [0.2, 0.25) is 0 Å². The predicted octanol–water partition coefficient (Wildman–Crippen LogP) is 10.6. The molecular formula is C41H43OP. The van der Waals surface area contributed by atoms with Gasteiger partial charge in [0.1, 0.15) is 0 Å². The van der Waals surface area contributed by atoms with Gasteiger partial charge in [-0.3, -0.25) is 0 Å². The quantitative estimate of drug-likeness (QED) is 0.204. The molecule has 0 saturated carbocycles. The van der Waals surface area contributed by atoms with Crippen molar-refractivity contribution in [2.75, 3.05) is 0 Å². The van der Waals surface area contributed by atoms with Gasteiger partial charge in [-0.15, -0.1) is 0 Å². The lowest BCUT2D eigenvalue weighted by Gasteiger charge is -2.44. The minimum absolute atomic E-state index is 0.238. The smallest absolute Gasteiger partial charge is 0.0559 e. The Morgan fingerprint density at radius 2 is 0.884 bits per heavy atom. The van der Waals surface area contributed by atoms with Crippen molar-refractivity contribution < 1.29 is 5.11 Å². The van der Waals surface area contributed by atoms with E-state index in [0.717, 1.165) is 12.8 Å². The molecular weight excluding hydrogens is 539 g/mol. The monoisotopic (exact) mass is 582 g/mol. The first-order chi connectivity index (χ1) is 20.7. The molecule has 218 valence electrons. The van der Waals surface area contributed by atoms with Crippen LogP contribution in [-0.2, 0) is 0 Å². The molecule has 0 radical (unpaired) electrons. The Balaban J connectivity index is 1.73. The summed E-state index contributed by atoms with van der Waals surface area (Å²) in [7, 11) is -0.787. The Kier molecular flexibility index (Phi) is 8.41. The number of rotatable bonds is 5. The van der Waals surface area contributed by atoms with Crippen LogP contribution in [-0.4, -0.2) is 11.2 Å². The van der Waals surface area contributed by atoms with E-state index in [1.54, 1.807) is 0 Å². The van der Waals surface area contributed by atoms with E-state index in [2.05, 4.69) is 145 Å². The van der Waals surface area contributed by atoms with Gasteiger partial charge < -0.3 is 5.11 Å². The fourth-order valence-corrected chi connectivity index (χ4v) is 11.7. The van der Waals surface area contributed by atoms with Crippen molar-refractivity contribution in [3.63, 3.8) is 0 Å². The zero-order valence-corrected chi connectivity index (χ0v) is 27.3. The van der Waals surface area contributed by atoms with Crippen LogP contribution < -0.4 is 5.30 Å². The van der Waals surface area contributed by atoms with E-state index in [1.807, 2.05) is 0 Å². The first-order valence-corrected chi connectivity index (χ1v) is 17.1. The van der Waals surface area contributed by atoms with Crippen LogP contribution >= 0.6 is 7.92 Å². The van der Waals surface area contributed by atoms with Gasteiger partial charge in [0.2, 0.25) is 0 Å². The number of aliphatic hydroxyl groups excluding tert-OH is 1. The Bertz CT molecular complexity index is 1580. The van der Waals surface area contributed by atoms with E-state index in [1.165, 1.54) is 72.1 Å². The standard InChI is InChI=1S/C41H43OP/c1-26-20-28(3)39(29(4)21-26)35-18-13-19-36(40-30(5)22-27(2)23-31(40)6)41(35)43-37(32-14-9-7-10-15-32)24-34(42)25-38(43)33-16-11-8-12-17-33/h7-23,34,37-38,42H,24-25H2,1-6H3. The molecule has 1 saturated heterocycles. The van der Waals surface area contributed by atoms with Crippen molar-refractivity contribution in [1.29, 1.82) is 0 Å². The maximum absolute atomic E-state index is 11.5. The van der Waals surface area contributed by atoms with Crippen molar-refractivity contribution in [2.24, 2.45) is 0 Å². The van der Waals surface area contributed by atoms with Crippen LogP contribution in [0.3, 0.4) is 0 Å². The van der Waals surface area contributed by atoms with Crippen LogP contribution in [0.15, 0.2) is 103 Å². The SMILES string of the molecule is Cc1cc(C)c(-c2cccc(-c3c(C)cc(C)cc3C)c2P2C(c3ccccc3)CC(O)CC2c2ccccc2)c(C)c1. The highest BCUT2D eigenvalue weighted by Gasteiger charge is 2.42. The summed E-state index contributed by atoms with van der Waals surface area (Å²) >= 11 is 0. The van der Waals surface area contributed by atoms with E-state index in [-0.39, 0.29) is 17.4 Å². The van der Waals surface area contributed by atoms with Gasteiger partial charge in [-0.25, -0.2) is 0 Å². The summed E-state index contributed by atoms with van der Waals surface area (Å²) in [5.74, 6) is 0. The van der Waals surface area contributed by atoms with Gasteiger partial charge in [0, 0.05) is 11.3 Å². The maximum Gasteiger partial charge on any atom is 0.0559 e. The van der Waals surface area contributed by atoms with Gasteiger partial charge in [-0.2, -0.15) is 0 Å². The number of hydrogen-bond acceptors (Lipinski definition) is 1. The molecule has 6 rings (SSSR count). The number of benzene rings is 5. The molecule has 1 nitrogen and oxygen atoms in total. The van der Waals surface area contributed by atoms with E-state index in [0.29, 0.717) is 0 Å². The molecule has 2 atom stereocenters. The van der Waals surface area contributed by atoms with Crippen LogP contribution in [0.25, 0.3) is 22.3 Å². The molecule has 0 bridgehead atoms. The third kappa shape index (κ3) is 5.74. The summed E-state index contributed by atoms with van der Waals surface area (Å²) < 4.78 is 0. The van der Waals surface area contributed by atoms with E-state index in [4.69, 9.17) is 0 Å². The van der Waals surface area contributed by atoms with Gasteiger partial charge >= 0.3 is 0 Å². The molecule has 1 fully saturated rings. The second-order valence-electron chi connectivity index (χ2n) is 12.6. The average Bonchev–Trinajstić information content (AvgIpc) is 2.97. The third-order valence-electron chi connectivity index (χ3n) is 9.22. The molecule has 1 aliphatic rings. The van der Waals surface area contributed by atoms with E-state index in [9.17, 15) is 5.11 Å². The highest BCUT2D eigenvalue weighted by Crippen LogP contribution is 2.68. The molecule has 43 heavy (non-hydrogen) atoms. The molecule has 0 amide bonds. The van der Waals surface area contributed by atoms with Crippen LogP contribution in [0.4, 0.5) is 0 Å². The summed E-state index contributed by atoms with van der Waals surface area (Å²) in [4.78, 5) is 0. The average molecular weight is 583 g/mol. The van der Waals surface area contributed by atoms with Crippen molar-refractivity contribution in [1.82, 2.24) is 0 Å². The van der Waals surface area contributed by atoms with Crippen LogP contribution in [0.5, 0.6) is 0 Å². The van der Waals surface area contributed by atoms with E-state index < -0.39 is 7.92 Å². The summed E-state index contributed by atoms with van der Waals surface area (Å²) in [6.07, 6.45) is 1.23. The van der Waals surface area contributed by atoms with Gasteiger partial charge in [-0.05, 0) is 115 Å². The molecule has 0 spiro atoms. The van der Waals surface area contributed by atoms with Crippen molar-refractivity contribution in [3.8, 4) is 22.3 Å². The predicted molar refractivity (Wildman–Crippen MR) is 186 cm³/mol. The van der Waals surface area contributed by atoms with Crippen molar-refractivity contribution >= 4 is 13.2 Å². The Morgan fingerprint density at radius 3 is 1.26 bits per heavy atom. The zero-order chi connectivity index (χ0) is 30.2. The van der Waals surface area contributed by atoms with Crippen LogP contribution in [0, 0.1) is 41.5 Å². The molecule has 0 aromatic heterocycles. The van der Waals surface area contributed by atoms with Gasteiger partial charge in [-0.1, -0.05) is 122 Å². The second kappa shape index (κ2) is 12.2. The minimum atomic E-state index is -0.787. The third-order valence-corrected chi connectivity index (χ3v) is 12.6. The Labute approximate surface area is 259 Å². The second-order valence-corrected chi connectivity index (χ2v) is 15.1. The van der Waals surface area contributed by atoms with Crippen molar-refractivity contribution in [2.45, 2.75) is 71.8 Å². The van der Waals surface area contributed by atoms with E-state index >= 15 is 0 Å². The number of aliphatic hydroxyl groups is 1. The van der Waals surface area contributed by atoms with Gasteiger partial charge in [0.25, 0.3) is 0 Å². The highest BCUT2D eigenvalue weighted by atomic mass is 31.1. The molecule has 2 heteroatoms. The summed E-state index contributed by atoms with van der Waals surface area (Å²) in [5.41, 5.74) is 16.5. The maximum atomic E-state index is 11.5. The number of aryl methyl sites for hydroxylation is 6.